The summed E-state index contributed by atoms with van der Waals surface area (Å²) in [6.45, 7) is 3.96. The number of carbonyl (C=O) groups excluding carboxylic acids is 2. The van der Waals surface area contributed by atoms with E-state index in [1.165, 1.54) is 0 Å². The molecule has 0 unspecified atom stereocenters. The Morgan fingerprint density at radius 2 is 2.04 bits per heavy atom. The molecule has 2 atom stereocenters. The minimum absolute atomic E-state index is 0.145. The van der Waals surface area contributed by atoms with Crippen LogP contribution in [0.2, 0.25) is 0 Å². The van der Waals surface area contributed by atoms with E-state index in [1.807, 2.05) is 31.2 Å². The lowest BCUT2D eigenvalue weighted by molar-refractivity contribution is -0.124. The third kappa shape index (κ3) is 3.82. The van der Waals surface area contributed by atoms with E-state index in [4.69, 9.17) is 9.72 Å². The van der Waals surface area contributed by atoms with Crippen LogP contribution in [0.3, 0.4) is 0 Å². The van der Waals surface area contributed by atoms with E-state index in [0.29, 0.717) is 17.4 Å². The molecule has 0 spiro atoms. The number of fused-ring (bicyclic) bond motifs is 2. The minimum atomic E-state index is -0.423. The monoisotopic (exact) mass is 366 g/mol. The Morgan fingerprint density at radius 1 is 1.26 bits per heavy atom. The molecule has 142 valence electrons. The third-order valence-electron chi connectivity index (χ3n) is 5.76. The number of benzene rings is 1. The van der Waals surface area contributed by atoms with Crippen molar-refractivity contribution in [2.45, 2.75) is 52.0 Å². The molecule has 1 saturated carbocycles. The molecule has 0 radical (unpaired) electrons. The number of para-hydroxylation sites is 1. The largest absolute Gasteiger partial charge is 0.452 e. The van der Waals surface area contributed by atoms with E-state index in [1.54, 1.807) is 0 Å². The quantitative estimate of drug-likeness (QED) is 0.823. The van der Waals surface area contributed by atoms with Crippen molar-refractivity contribution in [3.63, 3.8) is 0 Å². The number of hydrogen-bond acceptors (Lipinski definition) is 4. The van der Waals surface area contributed by atoms with Gasteiger partial charge >= 0.3 is 5.97 Å². The summed E-state index contributed by atoms with van der Waals surface area (Å²) in [5.41, 5.74) is 3.38. The van der Waals surface area contributed by atoms with Gasteiger partial charge in [-0.25, -0.2) is 4.79 Å². The predicted molar refractivity (Wildman–Crippen MR) is 104 cm³/mol. The molecule has 2 aliphatic rings. The van der Waals surface area contributed by atoms with Gasteiger partial charge in [0.2, 0.25) is 0 Å². The molecule has 4 rings (SSSR count). The van der Waals surface area contributed by atoms with Gasteiger partial charge in [0.25, 0.3) is 5.91 Å². The van der Waals surface area contributed by atoms with Crippen LogP contribution in [0.1, 0.15) is 54.7 Å². The van der Waals surface area contributed by atoms with E-state index < -0.39 is 5.97 Å². The molecule has 5 nitrogen and oxygen atoms in total. The van der Waals surface area contributed by atoms with Gasteiger partial charge in [-0.3, -0.25) is 9.78 Å². The molecular weight excluding hydrogens is 340 g/mol. The van der Waals surface area contributed by atoms with Crippen molar-refractivity contribution in [3.05, 3.63) is 41.1 Å². The van der Waals surface area contributed by atoms with Crippen LogP contribution in [-0.4, -0.2) is 29.5 Å². The van der Waals surface area contributed by atoms with Gasteiger partial charge in [-0.15, -0.1) is 0 Å². The fourth-order valence-electron chi connectivity index (χ4n) is 4.01. The Morgan fingerprint density at radius 3 is 2.81 bits per heavy atom. The van der Waals surface area contributed by atoms with E-state index in [0.717, 1.165) is 54.3 Å². The molecule has 1 aromatic carbocycles. The smallest absolute Gasteiger partial charge is 0.339 e. The molecule has 27 heavy (non-hydrogen) atoms. The Labute approximate surface area is 159 Å². The summed E-state index contributed by atoms with van der Waals surface area (Å²) in [5.74, 6) is 0.425. The molecule has 0 aliphatic heterocycles. The fraction of sp³-hybridized carbons (Fsp3) is 0.500. The SMILES string of the molecule is C[C@@H]1CCc2nc3ccccc3c(C(=O)OCC(=O)N[C@@H](C)C3CC3)c2C1. The standard InChI is InChI=1S/C22H26N2O3/c1-13-7-10-19-17(11-13)21(16-5-3-4-6-18(16)24-19)22(26)27-12-20(25)23-14(2)15-8-9-15/h3-6,13-15H,7-12H2,1-2H3,(H,23,25)/t13-,14+/m1/s1. The molecule has 1 heterocycles. The van der Waals surface area contributed by atoms with Crippen LogP contribution in [0, 0.1) is 11.8 Å². The van der Waals surface area contributed by atoms with Crippen LogP contribution in [0.25, 0.3) is 10.9 Å². The van der Waals surface area contributed by atoms with Gasteiger partial charge in [-0.1, -0.05) is 25.1 Å². The highest BCUT2D eigenvalue weighted by Crippen LogP contribution is 2.33. The van der Waals surface area contributed by atoms with Crippen molar-refractivity contribution in [1.29, 1.82) is 0 Å². The van der Waals surface area contributed by atoms with E-state index in [-0.39, 0.29) is 18.6 Å². The number of hydrogen-bond donors (Lipinski definition) is 1. The van der Waals surface area contributed by atoms with Gasteiger partial charge in [-0.2, -0.15) is 0 Å². The average Bonchev–Trinajstić information content (AvgIpc) is 3.49. The van der Waals surface area contributed by atoms with Crippen LogP contribution in [0.4, 0.5) is 0 Å². The lowest BCUT2D eigenvalue weighted by Crippen LogP contribution is -2.37. The lowest BCUT2D eigenvalue weighted by Gasteiger charge is -2.24. The van der Waals surface area contributed by atoms with Crippen molar-refractivity contribution in [3.8, 4) is 0 Å². The number of aromatic nitrogens is 1. The van der Waals surface area contributed by atoms with Crippen LogP contribution >= 0.6 is 0 Å². The average molecular weight is 366 g/mol. The zero-order valence-electron chi connectivity index (χ0n) is 16.0. The molecule has 1 aromatic heterocycles. The Kier molecular flexibility index (Phi) is 4.85. The summed E-state index contributed by atoms with van der Waals surface area (Å²) < 4.78 is 5.42. The summed E-state index contributed by atoms with van der Waals surface area (Å²) in [7, 11) is 0. The van der Waals surface area contributed by atoms with Gasteiger partial charge in [0, 0.05) is 17.1 Å². The first-order valence-electron chi connectivity index (χ1n) is 9.90. The second-order valence-electron chi connectivity index (χ2n) is 8.05. The normalized spacial score (nSPS) is 20.0. The molecule has 1 N–H and O–H groups in total. The molecule has 2 aliphatic carbocycles. The highest BCUT2D eigenvalue weighted by molar-refractivity contribution is 6.05. The molecule has 5 heteroatoms. The van der Waals surface area contributed by atoms with Gasteiger partial charge in [0.05, 0.1) is 11.1 Å². The first kappa shape index (κ1) is 18.0. The molecule has 0 saturated heterocycles. The number of nitrogens with one attached hydrogen (secondary N) is 1. The first-order chi connectivity index (χ1) is 13.0. The van der Waals surface area contributed by atoms with Crippen LogP contribution < -0.4 is 5.32 Å². The van der Waals surface area contributed by atoms with Crippen molar-refractivity contribution in [2.75, 3.05) is 6.61 Å². The maximum atomic E-state index is 12.9. The number of pyridine rings is 1. The molecule has 2 aromatic rings. The number of rotatable bonds is 5. The molecule has 1 amide bonds. The third-order valence-corrected chi connectivity index (χ3v) is 5.76. The summed E-state index contributed by atoms with van der Waals surface area (Å²) in [6, 6.07) is 7.81. The van der Waals surface area contributed by atoms with Gasteiger partial charge < -0.3 is 10.1 Å². The molecule has 0 bridgehead atoms. The Hall–Kier alpha value is -2.43. The number of nitrogens with zero attached hydrogens (tertiary/aromatic N) is 1. The van der Waals surface area contributed by atoms with Crippen molar-refractivity contribution >= 4 is 22.8 Å². The number of amides is 1. The highest BCUT2D eigenvalue weighted by atomic mass is 16.5. The van der Waals surface area contributed by atoms with Gasteiger partial charge in [-0.05, 0) is 62.5 Å². The van der Waals surface area contributed by atoms with Crippen molar-refractivity contribution in [1.82, 2.24) is 10.3 Å². The van der Waals surface area contributed by atoms with Crippen LogP contribution in [0.5, 0.6) is 0 Å². The topological polar surface area (TPSA) is 68.3 Å². The van der Waals surface area contributed by atoms with E-state index in [2.05, 4.69) is 12.2 Å². The van der Waals surface area contributed by atoms with Crippen LogP contribution in [0.15, 0.2) is 24.3 Å². The fourth-order valence-corrected chi connectivity index (χ4v) is 4.01. The zero-order valence-corrected chi connectivity index (χ0v) is 16.0. The lowest BCUT2D eigenvalue weighted by atomic mass is 9.84. The number of aryl methyl sites for hydroxylation is 1. The van der Waals surface area contributed by atoms with Crippen LogP contribution in [-0.2, 0) is 22.4 Å². The maximum absolute atomic E-state index is 12.9. The van der Waals surface area contributed by atoms with Gasteiger partial charge in [0.15, 0.2) is 6.61 Å². The summed E-state index contributed by atoms with van der Waals surface area (Å²) >= 11 is 0. The summed E-state index contributed by atoms with van der Waals surface area (Å²) in [5, 5.41) is 3.73. The van der Waals surface area contributed by atoms with E-state index in [9.17, 15) is 9.59 Å². The molecular formula is C22H26N2O3. The Bertz CT molecular complexity index is 889. The van der Waals surface area contributed by atoms with Crippen molar-refractivity contribution < 1.29 is 14.3 Å². The number of carbonyl (C=O) groups is 2. The molecule has 1 fully saturated rings. The highest BCUT2D eigenvalue weighted by Gasteiger charge is 2.30. The minimum Gasteiger partial charge on any atom is -0.452 e. The van der Waals surface area contributed by atoms with Gasteiger partial charge in [0.1, 0.15) is 0 Å². The summed E-state index contributed by atoms with van der Waals surface area (Å²) in [4.78, 5) is 29.8. The Balaban J connectivity index is 1.57. The first-order valence-corrected chi connectivity index (χ1v) is 9.90. The second-order valence-corrected chi connectivity index (χ2v) is 8.05. The van der Waals surface area contributed by atoms with Crippen molar-refractivity contribution in [2.24, 2.45) is 11.8 Å². The second kappa shape index (κ2) is 7.29. The number of ether oxygens (including phenoxy) is 1. The maximum Gasteiger partial charge on any atom is 0.339 e. The van der Waals surface area contributed by atoms with E-state index >= 15 is 0 Å². The summed E-state index contributed by atoms with van der Waals surface area (Å²) in [6.07, 6.45) is 5.10. The number of esters is 1. The zero-order chi connectivity index (χ0) is 19.0. The predicted octanol–water partition coefficient (Wildman–Crippen LogP) is 3.43.